The lowest BCUT2D eigenvalue weighted by molar-refractivity contribution is -0.137. The van der Waals surface area contributed by atoms with Crippen LogP contribution in [0.15, 0.2) is 11.6 Å². The largest absolute Gasteiger partial charge is 0.355 e. The SMILES string of the molecule is CC(NCC1CCOCO1)c1nccs1. The van der Waals surface area contributed by atoms with Crippen LogP contribution < -0.4 is 5.32 Å². The highest BCUT2D eigenvalue weighted by atomic mass is 32.1. The molecule has 1 aromatic heterocycles. The number of hydrogen-bond donors (Lipinski definition) is 1. The van der Waals surface area contributed by atoms with Gasteiger partial charge in [0.2, 0.25) is 0 Å². The Balaban J connectivity index is 1.73. The third-order valence-electron chi connectivity index (χ3n) is 2.44. The number of aromatic nitrogens is 1. The summed E-state index contributed by atoms with van der Waals surface area (Å²) < 4.78 is 10.6. The molecule has 15 heavy (non-hydrogen) atoms. The molecule has 0 aliphatic carbocycles. The molecule has 0 saturated carbocycles. The Hall–Kier alpha value is -0.490. The Labute approximate surface area is 93.6 Å². The van der Waals surface area contributed by atoms with Crippen LogP contribution in [0.4, 0.5) is 0 Å². The van der Waals surface area contributed by atoms with Gasteiger partial charge >= 0.3 is 0 Å². The summed E-state index contributed by atoms with van der Waals surface area (Å²) in [5.74, 6) is 0. The van der Waals surface area contributed by atoms with Gasteiger partial charge in [-0.25, -0.2) is 4.98 Å². The van der Waals surface area contributed by atoms with Crippen molar-refractivity contribution in [3.05, 3.63) is 16.6 Å². The molecule has 1 aliphatic rings. The molecule has 0 amide bonds. The summed E-state index contributed by atoms with van der Waals surface area (Å²) in [6.07, 6.45) is 3.09. The summed E-state index contributed by atoms with van der Waals surface area (Å²) in [7, 11) is 0. The molecule has 2 rings (SSSR count). The number of thiazole rings is 1. The van der Waals surface area contributed by atoms with Crippen LogP contribution in [-0.2, 0) is 9.47 Å². The Morgan fingerprint density at radius 1 is 1.73 bits per heavy atom. The van der Waals surface area contributed by atoms with Gasteiger partial charge in [-0.1, -0.05) is 0 Å². The van der Waals surface area contributed by atoms with Crippen molar-refractivity contribution in [2.24, 2.45) is 0 Å². The molecule has 1 fully saturated rings. The Kier molecular flexibility index (Phi) is 4.08. The van der Waals surface area contributed by atoms with E-state index in [0.717, 1.165) is 24.6 Å². The average Bonchev–Trinajstić information content (AvgIpc) is 2.81. The summed E-state index contributed by atoms with van der Waals surface area (Å²) in [5, 5.41) is 6.55. The first-order valence-electron chi connectivity index (χ1n) is 5.18. The second-order valence-corrected chi connectivity index (χ2v) is 4.53. The predicted octanol–water partition coefficient (Wildman–Crippen LogP) is 1.56. The molecular weight excluding hydrogens is 212 g/mol. The molecule has 1 aromatic rings. The van der Waals surface area contributed by atoms with E-state index in [9.17, 15) is 0 Å². The van der Waals surface area contributed by atoms with Crippen molar-refractivity contribution in [3.63, 3.8) is 0 Å². The smallest absolute Gasteiger partial charge is 0.147 e. The van der Waals surface area contributed by atoms with E-state index < -0.39 is 0 Å². The first-order valence-corrected chi connectivity index (χ1v) is 6.06. The highest BCUT2D eigenvalue weighted by Gasteiger charge is 2.15. The Bertz CT molecular complexity index is 273. The van der Waals surface area contributed by atoms with E-state index in [1.807, 2.05) is 11.6 Å². The number of rotatable bonds is 4. The molecule has 2 atom stereocenters. The highest BCUT2D eigenvalue weighted by molar-refractivity contribution is 7.09. The molecule has 1 N–H and O–H groups in total. The van der Waals surface area contributed by atoms with Crippen molar-refractivity contribution in [2.75, 3.05) is 19.9 Å². The van der Waals surface area contributed by atoms with Crippen LogP contribution in [0.1, 0.15) is 24.4 Å². The second-order valence-electron chi connectivity index (χ2n) is 3.60. The first-order chi connectivity index (χ1) is 7.36. The molecule has 84 valence electrons. The van der Waals surface area contributed by atoms with E-state index in [-0.39, 0.29) is 6.10 Å². The molecule has 2 heterocycles. The Morgan fingerprint density at radius 3 is 3.33 bits per heavy atom. The van der Waals surface area contributed by atoms with Gasteiger partial charge in [-0.15, -0.1) is 11.3 Å². The zero-order chi connectivity index (χ0) is 10.5. The third kappa shape index (κ3) is 3.24. The van der Waals surface area contributed by atoms with Gasteiger partial charge in [-0.3, -0.25) is 0 Å². The maximum Gasteiger partial charge on any atom is 0.147 e. The third-order valence-corrected chi connectivity index (χ3v) is 3.40. The molecule has 4 nitrogen and oxygen atoms in total. The summed E-state index contributed by atoms with van der Waals surface area (Å²) in [6, 6.07) is 0.302. The van der Waals surface area contributed by atoms with E-state index in [1.165, 1.54) is 0 Å². The molecule has 1 saturated heterocycles. The van der Waals surface area contributed by atoms with Crippen molar-refractivity contribution >= 4 is 11.3 Å². The first kappa shape index (κ1) is 11.0. The zero-order valence-corrected chi connectivity index (χ0v) is 9.63. The fourth-order valence-electron chi connectivity index (χ4n) is 1.51. The van der Waals surface area contributed by atoms with Crippen LogP contribution in [0.5, 0.6) is 0 Å². The molecule has 0 aromatic carbocycles. The summed E-state index contributed by atoms with van der Waals surface area (Å²) in [5.41, 5.74) is 0. The van der Waals surface area contributed by atoms with E-state index in [4.69, 9.17) is 9.47 Å². The zero-order valence-electron chi connectivity index (χ0n) is 8.81. The van der Waals surface area contributed by atoms with Crippen molar-refractivity contribution in [1.82, 2.24) is 10.3 Å². The highest BCUT2D eigenvalue weighted by Crippen LogP contribution is 2.15. The minimum atomic E-state index is 0.279. The van der Waals surface area contributed by atoms with Gasteiger partial charge in [0.1, 0.15) is 11.8 Å². The maximum absolute atomic E-state index is 5.44. The van der Waals surface area contributed by atoms with Gasteiger partial charge in [0.25, 0.3) is 0 Å². The van der Waals surface area contributed by atoms with Gasteiger partial charge in [0.15, 0.2) is 0 Å². The monoisotopic (exact) mass is 228 g/mol. The van der Waals surface area contributed by atoms with Crippen LogP contribution in [0, 0.1) is 0 Å². The standard InChI is InChI=1S/C10H16N2O2S/c1-8(10-11-3-5-15-10)12-6-9-2-4-13-7-14-9/h3,5,8-9,12H,2,4,6-7H2,1H3. The lowest BCUT2D eigenvalue weighted by Crippen LogP contribution is -2.35. The van der Waals surface area contributed by atoms with Gasteiger partial charge < -0.3 is 14.8 Å². The molecule has 0 radical (unpaired) electrons. The fourth-order valence-corrected chi connectivity index (χ4v) is 2.18. The molecule has 2 unspecified atom stereocenters. The second kappa shape index (κ2) is 5.55. The lowest BCUT2D eigenvalue weighted by atomic mass is 10.2. The van der Waals surface area contributed by atoms with Crippen molar-refractivity contribution in [1.29, 1.82) is 0 Å². The van der Waals surface area contributed by atoms with Crippen molar-refractivity contribution in [3.8, 4) is 0 Å². The molecule has 0 bridgehead atoms. The fraction of sp³-hybridized carbons (Fsp3) is 0.700. The van der Waals surface area contributed by atoms with Crippen molar-refractivity contribution in [2.45, 2.75) is 25.5 Å². The number of nitrogens with one attached hydrogen (secondary N) is 1. The van der Waals surface area contributed by atoms with Crippen LogP contribution in [-0.4, -0.2) is 31.0 Å². The molecule has 0 spiro atoms. The van der Waals surface area contributed by atoms with Gasteiger partial charge in [-0.05, 0) is 13.3 Å². The van der Waals surface area contributed by atoms with Crippen LogP contribution in [0.3, 0.4) is 0 Å². The quantitative estimate of drug-likeness (QED) is 0.849. The number of hydrogen-bond acceptors (Lipinski definition) is 5. The van der Waals surface area contributed by atoms with E-state index in [1.54, 1.807) is 11.3 Å². The van der Waals surface area contributed by atoms with Crippen LogP contribution in [0.25, 0.3) is 0 Å². The lowest BCUT2D eigenvalue weighted by Gasteiger charge is -2.24. The maximum atomic E-state index is 5.44. The topological polar surface area (TPSA) is 43.4 Å². The van der Waals surface area contributed by atoms with E-state index in [2.05, 4.69) is 17.2 Å². The molecule has 1 aliphatic heterocycles. The van der Waals surface area contributed by atoms with Crippen LogP contribution >= 0.6 is 11.3 Å². The van der Waals surface area contributed by atoms with E-state index >= 15 is 0 Å². The summed E-state index contributed by atoms with van der Waals surface area (Å²) in [4.78, 5) is 4.27. The molecular formula is C10H16N2O2S. The van der Waals surface area contributed by atoms with Crippen LogP contribution in [0.2, 0.25) is 0 Å². The number of ether oxygens (including phenoxy) is 2. The Morgan fingerprint density at radius 2 is 2.67 bits per heavy atom. The average molecular weight is 228 g/mol. The normalized spacial score (nSPS) is 23.9. The summed E-state index contributed by atoms with van der Waals surface area (Å²) in [6.45, 7) is 4.22. The number of nitrogens with zero attached hydrogens (tertiary/aromatic N) is 1. The van der Waals surface area contributed by atoms with Crippen molar-refractivity contribution < 1.29 is 9.47 Å². The molecule has 5 heteroatoms. The van der Waals surface area contributed by atoms with E-state index in [0.29, 0.717) is 12.8 Å². The summed E-state index contributed by atoms with van der Waals surface area (Å²) >= 11 is 1.68. The van der Waals surface area contributed by atoms with Gasteiger partial charge in [0, 0.05) is 18.1 Å². The van der Waals surface area contributed by atoms with Gasteiger partial charge in [0.05, 0.1) is 18.8 Å². The minimum absolute atomic E-state index is 0.279. The predicted molar refractivity (Wildman–Crippen MR) is 58.8 cm³/mol. The van der Waals surface area contributed by atoms with Gasteiger partial charge in [-0.2, -0.15) is 0 Å². The minimum Gasteiger partial charge on any atom is -0.355 e.